The Bertz CT molecular complexity index is 1260. The number of carbonyl (C=O) groups is 2. The molecule has 3 heterocycles. The zero-order chi connectivity index (χ0) is 21.4. The molecule has 9 heteroatoms. The Labute approximate surface area is 177 Å². The molecule has 2 N–H and O–H groups in total. The molecule has 5 rings (SSSR count). The largest absolute Gasteiger partial charge is 0.489 e. The Balaban J connectivity index is 1.31. The summed E-state index contributed by atoms with van der Waals surface area (Å²) in [7, 11) is 1.67. The summed E-state index contributed by atoms with van der Waals surface area (Å²) in [6, 6.07) is 14.6. The van der Waals surface area contributed by atoms with Gasteiger partial charge in [-0.2, -0.15) is 0 Å². The number of fused-ring (bicyclic) bond motifs is 2. The quantitative estimate of drug-likeness (QED) is 0.529. The van der Waals surface area contributed by atoms with Crippen molar-refractivity contribution in [2.24, 2.45) is 0 Å². The van der Waals surface area contributed by atoms with Crippen molar-refractivity contribution in [3.8, 4) is 5.75 Å². The molecule has 31 heavy (non-hydrogen) atoms. The number of anilines is 1. The highest BCUT2D eigenvalue weighted by Gasteiger charge is 2.31. The van der Waals surface area contributed by atoms with Gasteiger partial charge in [0, 0.05) is 30.2 Å². The van der Waals surface area contributed by atoms with Gasteiger partial charge in [0.25, 0.3) is 11.8 Å². The predicted octanol–water partition coefficient (Wildman–Crippen LogP) is 1.96. The van der Waals surface area contributed by atoms with Crippen LogP contribution in [0.4, 0.5) is 5.69 Å². The highest BCUT2D eigenvalue weighted by atomic mass is 16.5. The van der Waals surface area contributed by atoms with E-state index in [0.717, 1.165) is 16.5 Å². The first kappa shape index (κ1) is 18.9. The first-order valence-corrected chi connectivity index (χ1v) is 9.84. The van der Waals surface area contributed by atoms with Crippen LogP contribution in [0.5, 0.6) is 5.75 Å². The molecular formula is C22H20N6O3. The zero-order valence-electron chi connectivity index (χ0n) is 16.8. The number of amides is 2. The third kappa shape index (κ3) is 3.61. The lowest BCUT2D eigenvalue weighted by Crippen LogP contribution is -2.49. The molecule has 0 saturated carbocycles. The third-order valence-electron chi connectivity index (χ3n) is 5.26. The Hall–Kier alpha value is -4.14. The van der Waals surface area contributed by atoms with Crippen LogP contribution in [0.3, 0.4) is 0 Å². The number of aromatic amines is 1. The van der Waals surface area contributed by atoms with E-state index < -0.39 is 11.9 Å². The molecule has 0 spiro atoms. The number of likely N-dealkylation sites (N-methyl/N-ethyl adjacent to an activating group) is 1. The van der Waals surface area contributed by atoms with Gasteiger partial charge in [0.2, 0.25) is 5.82 Å². The maximum absolute atomic E-state index is 13.0. The second-order valence-electron chi connectivity index (χ2n) is 7.37. The number of rotatable bonds is 4. The van der Waals surface area contributed by atoms with Gasteiger partial charge in [0.05, 0.1) is 12.2 Å². The Morgan fingerprint density at radius 1 is 1.26 bits per heavy atom. The fourth-order valence-electron chi connectivity index (χ4n) is 3.61. The molecule has 0 unspecified atom stereocenters. The number of aromatic nitrogens is 4. The van der Waals surface area contributed by atoms with Crippen molar-refractivity contribution < 1.29 is 14.3 Å². The van der Waals surface area contributed by atoms with Crippen LogP contribution < -0.4 is 15.0 Å². The minimum Gasteiger partial charge on any atom is -0.489 e. The molecule has 1 atom stereocenters. The summed E-state index contributed by atoms with van der Waals surface area (Å²) in [5, 5.41) is 7.90. The molecule has 156 valence electrons. The Morgan fingerprint density at radius 2 is 2.10 bits per heavy atom. The Morgan fingerprint density at radius 3 is 2.94 bits per heavy atom. The van der Waals surface area contributed by atoms with Crippen LogP contribution in [-0.4, -0.2) is 51.3 Å². The number of nitrogens with one attached hydrogen (secondary N) is 2. The van der Waals surface area contributed by atoms with Gasteiger partial charge in [-0.25, -0.2) is 9.67 Å². The predicted molar refractivity (Wildman–Crippen MR) is 114 cm³/mol. The van der Waals surface area contributed by atoms with Crippen LogP contribution in [0, 0.1) is 0 Å². The minimum absolute atomic E-state index is 0.00135. The van der Waals surface area contributed by atoms with E-state index in [0.29, 0.717) is 18.0 Å². The average molecular weight is 416 g/mol. The van der Waals surface area contributed by atoms with Crippen LogP contribution >= 0.6 is 0 Å². The average Bonchev–Trinajstić information content (AvgIpc) is 3.42. The molecule has 2 amide bonds. The van der Waals surface area contributed by atoms with E-state index in [9.17, 15) is 9.59 Å². The van der Waals surface area contributed by atoms with Crippen molar-refractivity contribution in [2.75, 3.05) is 18.6 Å². The fourth-order valence-corrected chi connectivity index (χ4v) is 3.61. The number of hydrogen-bond acceptors (Lipinski definition) is 5. The first-order valence-electron chi connectivity index (χ1n) is 9.84. The third-order valence-corrected chi connectivity index (χ3v) is 5.26. The van der Waals surface area contributed by atoms with Crippen LogP contribution in [0.2, 0.25) is 0 Å². The van der Waals surface area contributed by atoms with Gasteiger partial charge in [0.1, 0.15) is 24.7 Å². The normalized spacial score (nSPS) is 16.0. The smallest absolute Gasteiger partial charge is 0.291 e. The van der Waals surface area contributed by atoms with E-state index >= 15 is 0 Å². The van der Waals surface area contributed by atoms with E-state index in [2.05, 4.69) is 20.4 Å². The molecule has 4 aromatic rings. The van der Waals surface area contributed by atoms with Crippen LogP contribution in [0.15, 0.2) is 61.1 Å². The molecule has 0 aliphatic carbocycles. The van der Waals surface area contributed by atoms with Crippen LogP contribution in [0.25, 0.3) is 10.9 Å². The standard InChI is InChI=1S/C22H20N6O3/c1-27-18-9-15-7-8-23-16(15)10-19(18)31-12-17(22(27)30)25-21(29)20-24-13-28(26-20)11-14-5-3-2-4-6-14/h2-10,13,17,23H,11-12H2,1H3,(H,25,29)/t17-/m0/s1. The second-order valence-corrected chi connectivity index (χ2v) is 7.37. The van der Waals surface area contributed by atoms with E-state index in [1.807, 2.05) is 54.7 Å². The Kier molecular flexibility index (Phi) is 4.62. The zero-order valence-corrected chi connectivity index (χ0v) is 16.8. The highest BCUT2D eigenvalue weighted by molar-refractivity contribution is 6.04. The monoisotopic (exact) mass is 416 g/mol. The highest BCUT2D eigenvalue weighted by Crippen LogP contribution is 2.34. The van der Waals surface area contributed by atoms with Gasteiger partial charge in [-0.3, -0.25) is 9.59 Å². The summed E-state index contributed by atoms with van der Waals surface area (Å²) < 4.78 is 7.44. The summed E-state index contributed by atoms with van der Waals surface area (Å²) >= 11 is 0. The summed E-state index contributed by atoms with van der Waals surface area (Å²) in [4.78, 5) is 34.4. The molecule has 1 aliphatic rings. The number of ether oxygens (including phenoxy) is 1. The van der Waals surface area contributed by atoms with Gasteiger partial charge in [-0.15, -0.1) is 5.10 Å². The van der Waals surface area contributed by atoms with Gasteiger partial charge in [-0.1, -0.05) is 30.3 Å². The molecule has 0 radical (unpaired) electrons. The molecule has 1 aliphatic heterocycles. The van der Waals surface area contributed by atoms with Crippen LogP contribution in [-0.2, 0) is 11.3 Å². The van der Waals surface area contributed by atoms with Crippen molar-refractivity contribution in [1.29, 1.82) is 0 Å². The van der Waals surface area contributed by atoms with Gasteiger partial charge < -0.3 is 19.9 Å². The minimum atomic E-state index is -0.857. The van der Waals surface area contributed by atoms with E-state index in [1.165, 1.54) is 11.2 Å². The maximum atomic E-state index is 13.0. The number of hydrogen-bond donors (Lipinski definition) is 2. The van der Waals surface area contributed by atoms with Crippen molar-refractivity contribution in [1.82, 2.24) is 25.1 Å². The summed E-state index contributed by atoms with van der Waals surface area (Å²) in [6.07, 6.45) is 3.33. The SMILES string of the molecule is CN1C(=O)[C@@H](NC(=O)c2ncn(Cc3ccccc3)n2)COc2cc3[nH]ccc3cc21. The lowest BCUT2D eigenvalue weighted by Gasteiger charge is -2.20. The van der Waals surface area contributed by atoms with Gasteiger partial charge in [0.15, 0.2) is 0 Å². The van der Waals surface area contributed by atoms with Crippen LogP contribution in [0.1, 0.15) is 16.2 Å². The molecular weight excluding hydrogens is 396 g/mol. The molecule has 9 nitrogen and oxygen atoms in total. The summed E-state index contributed by atoms with van der Waals surface area (Å²) in [6.45, 7) is 0.511. The number of carbonyl (C=O) groups excluding carboxylic acids is 2. The topological polar surface area (TPSA) is 105 Å². The number of nitrogens with zero attached hydrogens (tertiary/aromatic N) is 4. The van der Waals surface area contributed by atoms with Crippen molar-refractivity contribution in [3.05, 3.63) is 72.4 Å². The molecule has 0 bridgehead atoms. The first-order chi connectivity index (χ1) is 15.1. The van der Waals surface area contributed by atoms with Gasteiger partial charge >= 0.3 is 0 Å². The molecule has 2 aromatic heterocycles. The lowest BCUT2D eigenvalue weighted by molar-refractivity contribution is -0.120. The molecule has 0 fully saturated rings. The van der Waals surface area contributed by atoms with Gasteiger partial charge in [-0.05, 0) is 17.7 Å². The summed E-state index contributed by atoms with van der Waals surface area (Å²) in [5.74, 6) is -0.222. The summed E-state index contributed by atoms with van der Waals surface area (Å²) in [5.41, 5.74) is 2.61. The molecule has 0 saturated heterocycles. The molecule has 2 aromatic carbocycles. The maximum Gasteiger partial charge on any atom is 0.291 e. The lowest BCUT2D eigenvalue weighted by atomic mass is 10.2. The number of benzene rings is 2. The fraction of sp³-hybridized carbons (Fsp3) is 0.182. The van der Waals surface area contributed by atoms with E-state index in [1.54, 1.807) is 11.7 Å². The number of H-pyrrole nitrogens is 1. The van der Waals surface area contributed by atoms with E-state index in [-0.39, 0.29) is 18.3 Å². The van der Waals surface area contributed by atoms with Crippen molar-refractivity contribution in [2.45, 2.75) is 12.6 Å². The van der Waals surface area contributed by atoms with Crippen molar-refractivity contribution >= 4 is 28.4 Å². The van der Waals surface area contributed by atoms with Crippen molar-refractivity contribution in [3.63, 3.8) is 0 Å². The van der Waals surface area contributed by atoms with E-state index in [4.69, 9.17) is 4.74 Å². The second kappa shape index (κ2) is 7.60.